The topological polar surface area (TPSA) is 0 Å². The Hall–Kier alpha value is -2.34. The first kappa shape index (κ1) is 16.5. The molecule has 0 aliphatic heterocycles. The normalized spacial score (nSPS) is 13.3. The summed E-state index contributed by atoms with van der Waals surface area (Å²) in [7, 11) is 0. The van der Waals surface area contributed by atoms with E-state index in [4.69, 9.17) is 0 Å². The van der Waals surface area contributed by atoms with E-state index < -0.39 is 0 Å². The molecule has 3 rings (SSSR count). The molecule has 121 valence electrons. The second kappa shape index (κ2) is 7.05. The van der Waals surface area contributed by atoms with Crippen LogP contribution in [-0.2, 0) is 0 Å². The fraction of sp³-hybridized carbons (Fsp3) is 0.250. The summed E-state index contributed by atoms with van der Waals surface area (Å²) in [6, 6.07) is 17.9. The Balaban J connectivity index is 2.07. The lowest BCUT2D eigenvalue weighted by Crippen LogP contribution is -1.95. The van der Waals surface area contributed by atoms with Gasteiger partial charge in [0.05, 0.1) is 0 Å². The van der Waals surface area contributed by atoms with Crippen molar-refractivity contribution in [3.63, 3.8) is 0 Å². The van der Waals surface area contributed by atoms with Crippen LogP contribution in [0, 0.1) is 6.08 Å². The third-order valence-electron chi connectivity index (χ3n) is 4.60. The van der Waals surface area contributed by atoms with E-state index in [1.54, 1.807) is 0 Å². The van der Waals surface area contributed by atoms with Crippen molar-refractivity contribution in [2.45, 2.75) is 39.5 Å². The molecule has 1 radical (unpaired) electrons. The van der Waals surface area contributed by atoms with Crippen molar-refractivity contribution < 1.29 is 0 Å². The maximum atomic E-state index is 3.37. The van der Waals surface area contributed by atoms with Crippen LogP contribution >= 0.6 is 0 Å². The minimum Gasteiger partial charge on any atom is -0.0610 e. The summed E-state index contributed by atoms with van der Waals surface area (Å²) in [5.41, 5.74) is 7.66. The first-order chi connectivity index (χ1) is 11.6. The molecular formula is C24H25. The van der Waals surface area contributed by atoms with Gasteiger partial charge in [-0.2, -0.15) is 0 Å². The van der Waals surface area contributed by atoms with Gasteiger partial charge in [0.2, 0.25) is 0 Å². The number of benzene rings is 2. The van der Waals surface area contributed by atoms with Crippen LogP contribution in [0.2, 0.25) is 0 Å². The monoisotopic (exact) mass is 313 g/mol. The van der Waals surface area contributed by atoms with Crippen LogP contribution in [-0.4, -0.2) is 0 Å². The van der Waals surface area contributed by atoms with Crippen LogP contribution in [0.4, 0.5) is 0 Å². The highest BCUT2D eigenvalue weighted by Gasteiger charge is 2.12. The van der Waals surface area contributed by atoms with Gasteiger partial charge in [0.25, 0.3) is 0 Å². The molecule has 0 spiro atoms. The average molecular weight is 313 g/mol. The fourth-order valence-electron chi connectivity index (χ4n) is 3.03. The summed E-state index contributed by atoms with van der Waals surface area (Å²) in [5, 5.41) is 0. The van der Waals surface area contributed by atoms with Crippen LogP contribution in [0.1, 0.15) is 61.8 Å². The molecule has 24 heavy (non-hydrogen) atoms. The lowest BCUT2D eigenvalue weighted by atomic mass is 9.90. The molecule has 0 fully saturated rings. The Morgan fingerprint density at radius 1 is 0.708 bits per heavy atom. The van der Waals surface area contributed by atoms with Crippen molar-refractivity contribution in [3.05, 3.63) is 101 Å². The van der Waals surface area contributed by atoms with Gasteiger partial charge in [0.1, 0.15) is 0 Å². The smallest absolute Gasteiger partial charge is 0.00326 e. The Labute approximate surface area is 146 Å². The SMILES string of the molecule is CC(C)c1ccc(C(=C2[C]=CC=C2)c2ccc(C(C)C)cc2)cc1. The molecule has 1 aliphatic rings. The zero-order valence-corrected chi connectivity index (χ0v) is 15.0. The molecule has 0 heterocycles. The van der Waals surface area contributed by atoms with E-state index in [1.807, 2.05) is 6.08 Å². The predicted octanol–water partition coefficient (Wildman–Crippen LogP) is 6.66. The molecule has 0 heteroatoms. The highest BCUT2D eigenvalue weighted by atomic mass is 14.2. The van der Waals surface area contributed by atoms with Gasteiger partial charge in [0, 0.05) is 0 Å². The Kier molecular flexibility index (Phi) is 4.85. The summed E-state index contributed by atoms with van der Waals surface area (Å²) in [6.07, 6.45) is 9.56. The summed E-state index contributed by atoms with van der Waals surface area (Å²) >= 11 is 0. The highest BCUT2D eigenvalue weighted by Crippen LogP contribution is 2.31. The van der Waals surface area contributed by atoms with Crippen molar-refractivity contribution in [1.29, 1.82) is 0 Å². The first-order valence-corrected chi connectivity index (χ1v) is 8.77. The number of hydrogen-bond acceptors (Lipinski definition) is 0. The molecule has 0 N–H and O–H groups in total. The lowest BCUT2D eigenvalue weighted by Gasteiger charge is -2.14. The minimum absolute atomic E-state index is 0.554. The number of allylic oxidation sites excluding steroid dienone is 5. The van der Waals surface area contributed by atoms with Gasteiger partial charge in [0.15, 0.2) is 0 Å². The maximum Gasteiger partial charge on any atom is -0.00326 e. The Bertz CT molecular complexity index is 711. The Morgan fingerprint density at radius 2 is 1.17 bits per heavy atom. The third kappa shape index (κ3) is 3.43. The summed E-state index contributed by atoms with van der Waals surface area (Å²) in [6.45, 7) is 8.93. The summed E-state index contributed by atoms with van der Waals surface area (Å²) < 4.78 is 0. The molecule has 2 aromatic rings. The standard InChI is InChI=1S/C24H25/c1-17(2)19-9-13-22(14-10-19)24(21-7-5-6-8-21)23-15-11-20(12-16-23)18(3)4/h5-7,9-18H,1-4H3. The summed E-state index contributed by atoms with van der Waals surface area (Å²) in [4.78, 5) is 0. The minimum atomic E-state index is 0.554. The molecule has 0 atom stereocenters. The fourth-order valence-corrected chi connectivity index (χ4v) is 3.03. The second-order valence-corrected chi connectivity index (χ2v) is 7.01. The zero-order valence-electron chi connectivity index (χ0n) is 15.0. The van der Waals surface area contributed by atoms with Gasteiger partial charge >= 0.3 is 0 Å². The van der Waals surface area contributed by atoms with Crippen LogP contribution in [0.5, 0.6) is 0 Å². The van der Waals surface area contributed by atoms with E-state index in [0.717, 1.165) is 5.57 Å². The Morgan fingerprint density at radius 3 is 1.50 bits per heavy atom. The van der Waals surface area contributed by atoms with Crippen LogP contribution in [0.25, 0.3) is 5.57 Å². The molecule has 0 unspecified atom stereocenters. The van der Waals surface area contributed by atoms with Crippen LogP contribution < -0.4 is 0 Å². The van der Waals surface area contributed by atoms with E-state index in [-0.39, 0.29) is 0 Å². The molecule has 0 amide bonds. The second-order valence-electron chi connectivity index (χ2n) is 7.01. The maximum absolute atomic E-state index is 3.37. The average Bonchev–Trinajstić information content (AvgIpc) is 3.10. The van der Waals surface area contributed by atoms with Crippen molar-refractivity contribution in [3.8, 4) is 0 Å². The number of rotatable bonds is 4. The molecule has 0 saturated carbocycles. The van der Waals surface area contributed by atoms with Gasteiger partial charge in [-0.1, -0.05) is 94.5 Å². The van der Waals surface area contributed by atoms with Crippen molar-refractivity contribution >= 4 is 5.57 Å². The summed E-state index contributed by atoms with van der Waals surface area (Å²) in [5.74, 6) is 1.11. The lowest BCUT2D eigenvalue weighted by molar-refractivity contribution is 0.866. The molecular weight excluding hydrogens is 288 g/mol. The first-order valence-electron chi connectivity index (χ1n) is 8.77. The van der Waals surface area contributed by atoms with E-state index in [1.165, 1.54) is 27.8 Å². The zero-order chi connectivity index (χ0) is 17.1. The molecule has 0 nitrogen and oxygen atoms in total. The van der Waals surface area contributed by atoms with E-state index >= 15 is 0 Å². The molecule has 2 aromatic carbocycles. The van der Waals surface area contributed by atoms with Crippen molar-refractivity contribution in [2.24, 2.45) is 0 Å². The largest absolute Gasteiger partial charge is 0.0610 e. The van der Waals surface area contributed by atoms with E-state index in [2.05, 4.69) is 94.5 Å². The van der Waals surface area contributed by atoms with Crippen molar-refractivity contribution in [2.75, 3.05) is 0 Å². The van der Waals surface area contributed by atoms with E-state index in [0.29, 0.717) is 11.8 Å². The molecule has 0 bridgehead atoms. The molecule has 0 aromatic heterocycles. The van der Waals surface area contributed by atoms with Gasteiger partial charge in [-0.05, 0) is 51.3 Å². The van der Waals surface area contributed by atoms with Gasteiger partial charge in [-0.15, -0.1) is 0 Å². The third-order valence-corrected chi connectivity index (χ3v) is 4.60. The number of hydrogen-bond donors (Lipinski definition) is 0. The van der Waals surface area contributed by atoms with Gasteiger partial charge < -0.3 is 0 Å². The quantitative estimate of drug-likeness (QED) is 0.591. The van der Waals surface area contributed by atoms with Crippen molar-refractivity contribution in [1.82, 2.24) is 0 Å². The van der Waals surface area contributed by atoms with E-state index in [9.17, 15) is 0 Å². The van der Waals surface area contributed by atoms with Gasteiger partial charge in [-0.25, -0.2) is 0 Å². The highest BCUT2D eigenvalue weighted by molar-refractivity contribution is 5.85. The molecule has 1 aliphatic carbocycles. The predicted molar refractivity (Wildman–Crippen MR) is 104 cm³/mol. The van der Waals surface area contributed by atoms with Gasteiger partial charge in [-0.3, -0.25) is 0 Å². The molecule has 0 saturated heterocycles. The van der Waals surface area contributed by atoms with Crippen LogP contribution in [0.3, 0.4) is 0 Å². The van der Waals surface area contributed by atoms with Crippen LogP contribution in [0.15, 0.2) is 72.3 Å².